The average molecular weight is 577 g/mol. The van der Waals surface area contributed by atoms with Gasteiger partial charge in [-0.1, -0.05) is 72.8 Å². The molecule has 0 radical (unpaired) electrons. The molecule has 0 spiro atoms. The molecule has 0 unspecified atom stereocenters. The van der Waals surface area contributed by atoms with Crippen molar-refractivity contribution >= 4 is 69.7 Å². The average Bonchev–Trinajstić information content (AvgIpc) is 3.39. The lowest BCUT2D eigenvalue weighted by atomic mass is 10.1. The van der Waals surface area contributed by atoms with Crippen LogP contribution >= 0.6 is 0 Å². The Bertz CT molecular complexity index is 2240. The summed E-state index contributed by atoms with van der Waals surface area (Å²) in [6.07, 6.45) is 0. The number of pyridine rings is 2. The molecule has 5 aromatic carbocycles. The molecule has 0 fully saturated rings. The van der Waals surface area contributed by atoms with E-state index in [4.69, 9.17) is 25.8 Å². The van der Waals surface area contributed by atoms with E-state index in [1.165, 1.54) is 0 Å². The minimum Gasteiger partial charge on any atom is -0.576 e. The smallest absolute Gasteiger partial charge is 0.576 e. The lowest BCUT2D eigenvalue weighted by molar-refractivity contribution is 0.309. The number of aromatic nitrogens is 2. The summed E-state index contributed by atoms with van der Waals surface area (Å²) in [6, 6.07) is 38.2. The molecule has 8 rings (SSSR count). The Morgan fingerprint density at radius 2 is 1.05 bits per heavy atom. The number of aryl methyl sites for hydroxylation is 2. The fourth-order valence-electron chi connectivity index (χ4n) is 5.56. The molecular weight excluding hydrogens is 551 g/mol. The van der Waals surface area contributed by atoms with Crippen LogP contribution in [0.15, 0.2) is 120 Å². The van der Waals surface area contributed by atoms with E-state index in [1.54, 1.807) is 0 Å². The largest absolute Gasteiger partial charge is 1.20 e. The summed E-state index contributed by atoms with van der Waals surface area (Å²) in [5.41, 5.74) is 4.76. The molecule has 6 nitrogen and oxygen atoms in total. The molecule has 3 aromatic heterocycles. The first-order valence-corrected chi connectivity index (χ1v) is 15.6. The first-order valence-electron chi connectivity index (χ1n) is 14.2. The molecule has 7 heteroatoms. The summed E-state index contributed by atoms with van der Waals surface area (Å²) >= 11 is -3.00. The van der Waals surface area contributed by atoms with Gasteiger partial charge in [-0.25, -0.2) is 9.97 Å². The second-order valence-electron chi connectivity index (χ2n) is 10.6. The molecular formula is C36H25AlN2O4. The Kier molecular flexibility index (Phi) is 6.15. The summed E-state index contributed by atoms with van der Waals surface area (Å²) in [5, 5.41) is 6.22. The van der Waals surface area contributed by atoms with E-state index in [-0.39, 0.29) is 0 Å². The normalized spacial score (nSPS) is 11.5. The van der Waals surface area contributed by atoms with Gasteiger partial charge < -0.3 is 15.8 Å². The van der Waals surface area contributed by atoms with Crippen molar-refractivity contribution in [1.29, 1.82) is 0 Å². The Morgan fingerprint density at radius 3 is 1.70 bits per heavy atom. The molecule has 0 saturated carbocycles. The fourth-order valence-corrected chi connectivity index (χ4v) is 6.89. The van der Waals surface area contributed by atoms with Crippen LogP contribution in [-0.2, 0) is 0 Å². The van der Waals surface area contributed by atoms with E-state index in [2.05, 4.69) is 30.3 Å². The Labute approximate surface area is 252 Å². The minimum atomic E-state index is -3.00. The van der Waals surface area contributed by atoms with Gasteiger partial charge in [-0.2, -0.15) is 0 Å². The summed E-state index contributed by atoms with van der Waals surface area (Å²) in [6.45, 7) is 3.93. The topological polar surface area (TPSA) is 66.6 Å². The molecule has 0 atom stereocenters. The van der Waals surface area contributed by atoms with E-state index >= 15 is 0 Å². The molecule has 0 amide bonds. The lowest BCUT2D eigenvalue weighted by Crippen LogP contribution is -2.37. The fraction of sp³-hybridized carbons (Fsp3) is 0.0556. The predicted molar refractivity (Wildman–Crippen MR) is 172 cm³/mol. The highest BCUT2D eigenvalue weighted by Crippen LogP contribution is 2.37. The lowest BCUT2D eigenvalue weighted by Gasteiger charge is -2.18. The van der Waals surface area contributed by atoms with Crippen LogP contribution in [0.4, 0.5) is 0 Å². The molecule has 206 valence electrons. The van der Waals surface area contributed by atoms with Crippen molar-refractivity contribution in [2.24, 2.45) is 0 Å². The number of hydrogen-bond donors (Lipinski definition) is 0. The monoisotopic (exact) mass is 576 g/mol. The Morgan fingerprint density at radius 1 is 0.512 bits per heavy atom. The van der Waals surface area contributed by atoms with Crippen molar-refractivity contribution < 1.29 is 15.8 Å². The van der Waals surface area contributed by atoms with E-state index in [1.807, 2.05) is 98.8 Å². The highest BCUT2D eigenvalue weighted by Gasteiger charge is 2.46. The van der Waals surface area contributed by atoms with E-state index in [0.717, 1.165) is 60.3 Å². The van der Waals surface area contributed by atoms with Gasteiger partial charge >= 0.3 is 15.1 Å². The number of fused-ring (bicyclic) bond motifs is 6. The van der Waals surface area contributed by atoms with E-state index in [0.29, 0.717) is 22.8 Å². The van der Waals surface area contributed by atoms with Gasteiger partial charge in [0.1, 0.15) is 33.9 Å². The second kappa shape index (κ2) is 10.3. The van der Waals surface area contributed by atoms with Gasteiger partial charge in [-0.3, -0.25) is 0 Å². The van der Waals surface area contributed by atoms with Gasteiger partial charge in [0.2, 0.25) is 0 Å². The maximum absolute atomic E-state index is 6.67. The zero-order chi connectivity index (χ0) is 28.9. The van der Waals surface area contributed by atoms with E-state index < -0.39 is 15.1 Å². The molecule has 0 saturated heterocycles. The van der Waals surface area contributed by atoms with Crippen LogP contribution < -0.4 is 11.4 Å². The number of hydrogen-bond acceptors (Lipinski definition) is 6. The summed E-state index contributed by atoms with van der Waals surface area (Å²) in [7, 11) is 0. The molecule has 0 bridgehead atoms. The highest BCUT2D eigenvalue weighted by molar-refractivity contribution is 6.40. The van der Waals surface area contributed by atoms with Gasteiger partial charge in [0, 0.05) is 32.9 Å². The first-order chi connectivity index (χ1) is 21.1. The number of nitrogens with zero attached hydrogens (tertiary/aromatic N) is 2. The zero-order valence-corrected chi connectivity index (χ0v) is 24.7. The summed E-state index contributed by atoms with van der Waals surface area (Å²) in [5.74, 6) is 1.76. The second-order valence-corrected chi connectivity index (χ2v) is 11.9. The van der Waals surface area contributed by atoms with Crippen molar-refractivity contribution in [3.05, 3.63) is 127 Å². The zero-order valence-electron chi connectivity index (χ0n) is 23.6. The maximum atomic E-state index is 6.67. The van der Waals surface area contributed by atoms with Gasteiger partial charge in [0.15, 0.2) is 5.58 Å². The van der Waals surface area contributed by atoms with Crippen LogP contribution in [0.2, 0.25) is 0 Å². The Balaban J connectivity index is 1.25. The Hall–Kier alpha value is -5.09. The van der Waals surface area contributed by atoms with Crippen LogP contribution in [0, 0.1) is 13.8 Å². The quantitative estimate of drug-likeness (QED) is 0.184. The predicted octanol–water partition coefficient (Wildman–Crippen LogP) is 8.97. The van der Waals surface area contributed by atoms with E-state index in [9.17, 15) is 0 Å². The minimum absolute atomic E-state index is 0.558. The standard InChI is InChI=1S/C16H10O2.2C10H9NO.Al/c17-14-7-3-6-12-13-8-10-4-1-2-5-11(10)9-15(13)18-16(12)14;2*1-7-5-6-8-3-2-4-9(12)10(8)11-7;/h1-9,17H;2*2-6,12H,1H3;/q;;;+3/p-3. The van der Waals surface area contributed by atoms with Crippen molar-refractivity contribution in [1.82, 2.24) is 9.97 Å². The van der Waals surface area contributed by atoms with Gasteiger partial charge in [0.25, 0.3) is 0 Å². The van der Waals surface area contributed by atoms with Gasteiger partial charge in [0.05, 0.1) is 0 Å². The highest BCUT2D eigenvalue weighted by atomic mass is 27.3. The molecule has 0 aliphatic heterocycles. The summed E-state index contributed by atoms with van der Waals surface area (Å²) in [4.78, 5) is 9.53. The number of benzene rings is 5. The van der Waals surface area contributed by atoms with Crippen LogP contribution in [0.5, 0.6) is 17.2 Å². The third kappa shape index (κ3) is 4.69. The van der Waals surface area contributed by atoms with Gasteiger partial charge in [-0.15, -0.1) is 0 Å². The van der Waals surface area contributed by atoms with Crippen molar-refractivity contribution in [3.8, 4) is 17.2 Å². The third-order valence-corrected chi connectivity index (χ3v) is 8.98. The first kappa shape index (κ1) is 25.6. The van der Waals surface area contributed by atoms with Gasteiger partial charge in [-0.05, 0) is 67.1 Å². The van der Waals surface area contributed by atoms with Crippen LogP contribution in [0.25, 0.3) is 54.5 Å². The van der Waals surface area contributed by atoms with Crippen molar-refractivity contribution in [2.75, 3.05) is 0 Å². The molecule has 0 aliphatic carbocycles. The maximum Gasteiger partial charge on any atom is 1.20 e. The van der Waals surface area contributed by atoms with Crippen molar-refractivity contribution in [3.63, 3.8) is 0 Å². The molecule has 3 heterocycles. The molecule has 0 N–H and O–H groups in total. The third-order valence-electron chi connectivity index (χ3n) is 7.64. The molecule has 0 aliphatic rings. The molecule has 8 aromatic rings. The van der Waals surface area contributed by atoms with Crippen LogP contribution in [0.1, 0.15) is 11.4 Å². The van der Waals surface area contributed by atoms with Crippen molar-refractivity contribution in [2.45, 2.75) is 13.8 Å². The number of furan rings is 1. The molecule has 43 heavy (non-hydrogen) atoms. The number of rotatable bonds is 6. The van der Waals surface area contributed by atoms with Crippen LogP contribution in [0.3, 0.4) is 0 Å². The number of para-hydroxylation sites is 3. The van der Waals surface area contributed by atoms with Crippen LogP contribution in [-0.4, -0.2) is 25.1 Å². The summed E-state index contributed by atoms with van der Waals surface area (Å²) < 4.78 is 26.3. The SMILES string of the molecule is Cc1ccc2cccc([O][Al]([O]c3cccc4ccc(C)nc34)[O]c3cccc4c3oc3cc5ccccc5cc34)c2n1.